The zero-order chi connectivity index (χ0) is 18.6. The molecule has 0 N–H and O–H groups in total. The summed E-state index contributed by atoms with van der Waals surface area (Å²) in [4.78, 5) is 22.4. The Balaban J connectivity index is 1.56. The Morgan fingerprint density at radius 1 is 1.19 bits per heavy atom. The van der Waals surface area contributed by atoms with Gasteiger partial charge in [-0.3, -0.25) is 4.79 Å². The third-order valence-corrected chi connectivity index (χ3v) is 6.08. The Hall–Kier alpha value is -2.51. The molecule has 0 fully saturated rings. The molecule has 1 amide bonds. The van der Waals surface area contributed by atoms with Crippen molar-refractivity contribution in [3.8, 4) is 0 Å². The molecule has 3 heterocycles. The van der Waals surface area contributed by atoms with Crippen LogP contribution in [0.25, 0.3) is 0 Å². The van der Waals surface area contributed by atoms with Gasteiger partial charge in [0.05, 0.1) is 22.4 Å². The van der Waals surface area contributed by atoms with E-state index in [-0.39, 0.29) is 17.7 Å². The summed E-state index contributed by atoms with van der Waals surface area (Å²) in [5, 5.41) is 8.94. The summed E-state index contributed by atoms with van der Waals surface area (Å²) in [5.41, 5.74) is 3.26. The summed E-state index contributed by atoms with van der Waals surface area (Å²) in [6.07, 6.45) is 4.08. The van der Waals surface area contributed by atoms with Gasteiger partial charge in [0, 0.05) is 18.8 Å². The summed E-state index contributed by atoms with van der Waals surface area (Å²) in [6, 6.07) is 14.1. The fourth-order valence-corrected chi connectivity index (χ4v) is 4.31. The first-order chi connectivity index (χ1) is 13.2. The summed E-state index contributed by atoms with van der Waals surface area (Å²) in [5.74, 6) is 0.220. The predicted octanol–water partition coefficient (Wildman–Crippen LogP) is 4.32. The second-order valence-corrected chi connectivity index (χ2v) is 8.10. The molecule has 0 saturated carbocycles. The summed E-state index contributed by atoms with van der Waals surface area (Å²) < 4.78 is 0. The predicted molar refractivity (Wildman–Crippen MR) is 109 cm³/mol. The zero-order valence-corrected chi connectivity index (χ0v) is 16.4. The Morgan fingerprint density at radius 3 is 2.67 bits per heavy atom. The molecule has 1 unspecified atom stereocenters. The number of thioether (sulfide) groups is 1. The van der Waals surface area contributed by atoms with E-state index in [9.17, 15) is 4.79 Å². The third kappa shape index (κ3) is 4.09. The number of thiophene rings is 1. The summed E-state index contributed by atoms with van der Waals surface area (Å²) >= 11 is 2.98. The lowest BCUT2D eigenvalue weighted by Gasteiger charge is -2.22. The number of carbonyl (C=O) groups excluding carboxylic acids is 1. The molecular weight excluding hydrogens is 376 g/mol. The minimum atomic E-state index is -0.0764. The maximum absolute atomic E-state index is 12.9. The highest BCUT2D eigenvalue weighted by Gasteiger charge is 2.33. The largest absolute Gasteiger partial charge is 0.272 e. The van der Waals surface area contributed by atoms with Crippen LogP contribution in [0, 0.1) is 6.92 Å². The minimum Gasteiger partial charge on any atom is -0.272 e. The van der Waals surface area contributed by atoms with Crippen LogP contribution in [0.2, 0.25) is 0 Å². The number of benzene rings is 1. The van der Waals surface area contributed by atoms with Crippen LogP contribution < -0.4 is 0 Å². The molecule has 3 aromatic rings. The van der Waals surface area contributed by atoms with Gasteiger partial charge in [-0.1, -0.05) is 47.7 Å². The lowest BCUT2D eigenvalue weighted by molar-refractivity contribution is -0.130. The Labute approximate surface area is 166 Å². The van der Waals surface area contributed by atoms with Gasteiger partial charge in [0.1, 0.15) is 0 Å². The van der Waals surface area contributed by atoms with Crippen molar-refractivity contribution in [1.29, 1.82) is 0 Å². The normalized spacial score (nSPS) is 16.4. The number of amides is 1. The van der Waals surface area contributed by atoms with Crippen LogP contribution in [-0.4, -0.2) is 32.3 Å². The quantitative estimate of drug-likeness (QED) is 0.478. The molecule has 0 radical (unpaired) electrons. The number of nitrogens with zero attached hydrogens (tertiary/aromatic N) is 4. The van der Waals surface area contributed by atoms with E-state index in [2.05, 4.69) is 52.3 Å². The van der Waals surface area contributed by atoms with E-state index in [0.29, 0.717) is 5.16 Å². The molecule has 2 aromatic heterocycles. The second kappa shape index (κ2) is 8.02. The fourth-order valence-electron chi connectivity index (χ4n) is 2.93. The van der Waals surface area contributed by atoms with Crippen LogP contribution in [0.1, 0.15) is 28.5 Å². The molecule has 1 aromatic carbocycles. The molecule has 4 rings (SSSR count). The van der Waals surface area contributed by atoms with Crippen molar-refractivity contribution in [3.63, 3.8) is 0 Å². The first-order valence-electron chi connectivity index (χ1n) is 8.60. The van der Waals surface area contributed by atoms with E-state index in [1.54, 1.807) is 34.8 Å². The van der Waals surface area contributed by atoms with Crippen molar-refractivity contribution in [3.05, 3.63) is 76.2 Å². The van der Waals surface area contributed by atoms with Crippen molar-refractivity contribution < 1.29 is 4.79 Å². The van der Waals surface area contributed by atoms with Gasteiger partial charge in [-0.25, -0.2) is 15.0 Å². The molecule has 7 heteroatoms. The number of hydrogen-bond donors (Lipinski definition) is 0. The van der Waals surface area contributed by atoms with Gasteiger partial charge in [-0.2, -0.15) is 5.10 Å². The van der Waals surface area contributed by atoms with Crippen LogP contribution in [0.4, 0.5) is 0 Å². The molecule has 0 bridgehead atoms. The van der Waals surface area contributed by atoms with E-state index >= 15 is 0 Å². The van der Waals surface area contributed by atoms with E-state index in [4.69, 9.17) is 0 Å². The highest BCUT2D eigenvalue weighted by Crippen LogP contribution is 2.34. The molecule has 0 aliphatic carbocycles. The Bertz CT molecular complexity index is 940. The van der Waals surface area contributed by atoms with Gasteiger partial charge in [0.25, 0.3) is 5.91 Å². The lowest BCUT2D eigenvalue weighted by Crippen LogP contribution is -2.28. The van der Waals surface area contributed by atoms with Crippen LogP contribution in [0.15, 0.2) is 70.5 Å². The molecule has 1 aliphatic rings. The van der Waals surface area contributed by atoms with Crippen molar-refractivity contribution >= 4 is 34.7 Å². The summed E-state index contributed by atoms with van der Waals surface area (Å²) in [6.45, 7) is 2.06. The van der Waals surface area contributed by atoms with Gasteiger partial charge in [-0.05, 0) is 30.0 Å². The van der Waals surface area contributed by atoms with Crippen molar-refractivity contribution in [1.82, 2.24) is 15.0 Å². The van der Waals surface area contributed by atoms with E-state index < -0.39 is 0 Å². The lowest BCUT2D eigenvalue weighted by atomic mass is 10.00. The molecule has 0 saturated heterocycles. The molecule has 1 atom stereocenters. The molecular formula is C20H18N4OS2. The first kappa shape index (κ1) is 17.9. The first-order valence-corrected chi connectivity index (χ1v) is 10.5. The van der Waals surface area contributed by atoms with Crippen LogP contribution >= 0.6 is 23.1 Å². The maximum Gasteiger partial charge on any atom is 0.253 e. The Morgan fingerprint density at radius 2 is 1.96 bits per heavy atom. The number of aryl methyl sites for hydroxylation is 1. The standard InChI is InChI=1S/C20H18N4OS2/c1-14-5-7-15(8-6-14)17-12-16(18-4-2-11-26-18)23-24(17)19(25)13-27-20-21-9-3-10-22-20/h2-11,17H,12-13H2,1H3. The van der Waals surface area contributed by atoms with Gasteiger partial charge >= 0.3 is 0 Å². The number of hydrogen-bond acceptors (Lipinski definition) is 6. The average molecular weight is 395 g/mol. The van der Waals surface area contributed by atoms with Crippen molar-refractivity contribution in [2.75, 3.05) is 5.75 Å². The van der Waals surface area contributed by atoms with E-state index in [1.165, 1.54) is 17.3 Å². The zero-order valence-electron chi connectivity index (χ0n) is 14.8. The van der Waals surface area contributed by atoms with Crippen LogP contribution in [0.3, 0.4) is 0 Å². The van der Waals surface area contributed by atoms with Crippen molar-refractivity contribution in [2.45, 2.75) is 24.5 Å². The molecule has 136 valence electrons. The third-order valence-electron chi connectivity index (χ3n) is 4.30. The molecule has 27 heavy (non-hydrogen) atoms. The highest BCUT2D eigenvalue weighted by molar-refractivity contribution is 7.99. The number of carbonyl (C=O) groups is 1. The van der Waals surface area contributed by atoms with E-state index in [1.807, 2.05) is 11.4 Å². The molecule has 0 spiro atoms. The second-order valence-electron chi connectivity index (χ2n) is 6.21. The fraction of sp³-hybridized carbons (Fsp3) is 0.200. The van der Waals surface area contributed by atoms with Crippen molar-refractivity contribution in [2.24, 2.45) is 5.10 Å². The van der Waals surface area contributed by atoms with Crippen LogP contribution in [0.5, 0.6) is 0 Å². The number of rotatable bonds is 5. The number of hydrazone groups is 1. The smallest absolute Gasteiger partial charge is 0.253 e. The van der Waals surface area contributed by atoms with Crippen LogP contribution in [-0.2, 0) is 4.79 Å². The number of aromatic nitrogens is 2. The van der Waals surface area contributed by atoms with Gasteiger partial charge < -0.3 is 0 Å². The SMILES string of the molecule is Cc1ccc(C2CC(c3cccs3)=NN2C(=O)CSc2ncccn2)cc1. The maximum atomic E-state index is 12.9. The minimum absolute atomic E-state index is 0.0374. The summed E-state index contributed by atoms with van der Waals surface area (Å²) in [7, 11) is 0. The highest BCUT2D eigenvalue weighted by atomic mass is 32.2. The molecule has 5 nitrogen and oxygen atoms in total. The monoisotopic (exact) mass is 394 g/mol. The van der Waals surface area contributed by atoms with Gasteiger partial charge in [0.2, 0.25) is 0 Å². The Kier molecular flexibility index (Phi) is 5.31. The van der Waals surface area contributed by atoms with Gasteiger partial charge in [-0.15, -0.1) is 11.3 Å². The van der Waals surface area contributed by atoms with E-state index in [0.717, 1.165) is 22.6 Å². The topological polar surface area (TPSA) is 58.5 Å². The van der Waals surface area contributed by atoms with Gasteiger partial charge in [0.15, 0.2) is 5.16 Å². The average Bonchev–Trinajstić information content (AvgIpc) is 3.37. The molecule has 1 aliphatic heterocycles.